The summed E-state index contributed by atoms with van der Waals surface area (Å²) in [6.45, 7) is 3.35. The van der Waals surface area contributed by atoms with Crippen molar-refractivity contribution in [2.75, 3.05) is 0 Å². The zero-order chi connectivity index (χ0) is 13.2. The molecule has 0 saturated heterocycles. The number of nitrogens with one attached hydrogen (secondary N) is 1. The van der Waals surface area contributed by atoms with E-state index in [1.54, 1.807) is 19.9 Å². The number of halogens is 2. The SMILES string of the molecule is CC(C)(CC(=O)O)NC(=O)c1cc(Br)c(Br)s1. The van der Waals surface area contributed by atoms with Gasteiger partial charge < -0.3 is 10.4 Å². The Kier molecular flexibility index (Phi) is 4.74. The van der Waals surface area contributed by atoms with E-state index in [-0.39, 0.29) is 12.3 Å². The van der Waals surface area contributed by atoms with Gasteiger partial charge in [0.1, 0.15) is 0 Å². The standard InChI is InChI=1S/C10H11Br2NO3S/c1-10(2,4-7(14)15)13-9(16)6-3-5(11)8(12)17-6/h3H,4H2,1-2H3,(H,13,16)(H,14,15). The Hall–Kier alpha value is -0.400. The van der Waals surface area contributed by atoms with Gasteiger partial charge in [-0.1, -0.05) is 0 Å². The second kappa shape index (κ2) is 5.49. The van der Waals surface area contributed by atoms with Crippen LogP contribution in [0.3, 0.4) is 0 Å². The van der Waals surface area contributed by atoms with Gasteiger partial charge in [0.05, 0.1) is 15.1 Å². The van der Waals surface area contributed by atoms with Crippen molar-refractivity contribution in [1.82, 2.24) is 5.32 Å². The van der Waals surface area contributed by atoms with Gasteiger partial charge in [-0.25, -0.2) is 0 Å². The molecule has 1 aromatic rings. The lowest BCUT2D eigenvalue weighted by Gasteiger charge is -2.23. The summed E-state index contributed by atoms with van der Waals surface area (Å²) in [6, 6.07) is 1.70. The minimum Gasteiger partial charge on any atom is -0.481 e. The first kappa shape index (κ1) is 14.7. The number of carboxylic acid groups (broad SMARTS) is 1. The molecule has 94 valence electrons. The molecule has 0 saturated carbocycles. The van der Waals surface area contributed by atoms with Crippen molar-refractivity contribution in [3.63, 3.8) is 0 Å². The first-order chi connectivity index (χ1) is 7.71. The van der Waals surface area contributed by atoms with Crippen LogP contribution in [0.5, 0.6) is 0 Å². The molecule has 2 N–H and O–H groups in total. The lowest BCUT2D eigenvalue weighted by atomic mass is 10.0. The van der Waals surface area contributed by atoms with Gasteiger partial charge in [-0.15, -0.1) is 11.3 Å². The van der Waals surface area contributed by atoms with E-state index < -0.39 is 11.5 Å². The second-order valence-electron chi connectivity index (χ2n) is 4.14. The Labute approximate surface area is 120 Å². The number of hydrogen-bond acceptors (Lipinski definition) is 3. The molecule has 0 aromatic carbocycles. The number of aliphatic carboxylic acids is 1. The van der Waals surface area contributed by atoms with E-state index in [2.05, 4.69) is 37.2 Å². The van der Waals surface area contributed by atoms with E-state index in [1.807, 2.05) is 0 Å². The maximum atomic E-state index is 11.9. The highest BCUT2D eigenvalue weighted by Crippen LogP contribution is 2.32. The van der Waals surface area contributed by atoms with Gasteiger partial charge in [0.2, 0.25) is 0 Å². The van der Waals surface area contributed by atoms with Gasteiger partial charge >= 0.3 is 5.97 Å². The van der Waals surface area contributed by atoms with Gasteiger partial charge in [-0.2, -0.15) is 0 Å². The van der Waals surface area contributed by atoms with Crippen LogP contribution in [0.1, 0.15) is 29.9 Å². The smallest absolute Gasteiger partial charge is 0.305 e. The molecule has 0 unspecified atom stereocenters. The predicted octanol–water partition coefficient (Wildman–Crippen LogP) is 3.26. The van der Waals surface area contributed by atoms with Gasteiger partial charge in [-0.3, -0.25) is 9.59 Å². The minimum absolute atomic E-state index is 0.119. The Morgan fingerprint density at radius 2 is 2.06 bits per heavy atom. The number of carboxylic acids is 1. The zero-order valence-electron chi connectivity index (χ0n) is 9.21. The van der Waals surface area contributed by atoms with Crippen molar-refractivity contribution in [3.8, 4) is 0 Å². The number of carbonyl (C=O) groups excluding carboxylic acids is 1. The third-order valence-electron chi connectivity index (χ3n) is 1.91. The Bertz CT molecular complexity index is 437. The van der Waals surface area contributed by atoms with E-state index in [0.29, 0.717) is 4.88 Å². The molecule has 0 radical (unpaired) electrons. The highest BCUT2D eigenvalue weighted by molar-refractivity contribution is 9.13. The van der Waals surface area contributed by atoms with Gasteiger partial charge in [0.25, 0.3) is 5.91 Å². The molecule has 7 heteroatoms. The first-order valence-corrected chi connectivity index (χ1v) is 7.11. The highest BCUT2D eigenvalue weighted by atomic mass is 79.9. The van der Waals surface area contributed by atoms with Crippen molar-refractivity contribution in [2.24, 2.45) is 0 Å². The summed E-state index contributed by atoms with van der Waals surface area (Å²) in [5.41, 5.74) is -0.772. The molecule has 17 heavy (non-hydrogen) atoms. The summed E-state index contributed by atoms with van der Waals surface area (Å²) < 4.78 is 1.64. The molecule has 0 bridgehead atoms. The summed E-state index contributed by atoms with van der Waals surface area (Å²) in [4.78, 5) is 23.0. The third-order valence-corrected chi connectivity index (χ3v) is 5.17. The van der Waals surface area contributed by atoms with Crippen LogP contribution in [0, 0.1) is 0 Å². The average molecular weight is 385 g/mol. The van der Waals surface area contributed by atoms with E-state index in [1.165, 1.54) is 11.3 Å². The monoisotopic (exact) mass is 383 g/mol. The number of thiophene rings is 1. The van der Waals surface area contributed by atoms with Crippen LogP contribution in [0.25, 0.3) is 0 Å². The topological polar surface area (TPSA) is 66.4 Å². The van der Waals surface area contributed by atoms with Gasteiger partial charge in [0.15, 0.2) is 0 Å². The number of hydrogen-bond donors (Lipinski definition) is 2. The quantitative estimate of drug-likeness (QED) is 0.837. The Morgan fingerprint density at radius 1 is 1.47 bits per heavy atom. The molecule has 0 aliphatic carbocycles. The molecular formula is C10H11Br2NO3S. The van der Waals surface area contributed by atoms with E-state index >= 15 is 0 Å². The van der Waals surface area contributed by atoms with Crippen LogP contribution in [-0.4, -0.2) is 22.5 Å². The van der Waals surface area contributed by atoms with Crippen LogP contribution in [0.4, 0.5) is 0 Å². The largest absolute Gasteiger partial charge is 0.481 e. The molecule has 4 nitrogen and oxygen atoms in total. The number of carbonyl (C=O) groups is 2. The molecule has 1 aromatic heterocycles. The Morgan fingerprint density at radius 3 is 2.47 bits per heavy atom. The maximum Gasteiger partial charge on any atom is 0.305 e. The molecule has 0 spiro atoms. The van der Waals surface area contributed by atoms with E-state index in [9.17, 15) is 9.59 Å². The molecule has 1 amide bonds. The fraction of sp³-hybridized carbons (Fsp3) is 0.400. The second-order valence-corrected chi connectivity index (χ2v) is 7.37. The Balaban J connectivity index is 2.75. The van der Waals surface area contributed by atoms with Crippen LogP contribution in [0.15, 0.2) is 14.3 Å². The summed E-state index contributed by atoms with van der Waals surface area (Å²) in [6.07, 6.45) is -0.119. The van der Waals surface area contributed by atoms with Crippen LogP contribution in [0.2, 0.25) is 0 Å². The van der Waals surface area contributed by atoms with Crippen LogP contribution in [-0.2, 0) is 4.79 Å². The molecule has 1 heterocycles. The van der Waals surface area contributed by atoms with Crippen molar-refractivity contribution in [2.45, 2.75) is 25.8 Å². The third kappa shape index (κ3) is 4.40. The lowest BCUT2D eigenvalue weighted by Crippen LogP contribution is -2.44. The van der Waals surface area contributed by atoms with Gasteiger partial charge in [-0.05, 0) is 51.8 Å². The maximum absolute atomic E-state index is 11.9. The first-order valence-electron chi connectivity index (χ1n) is 4.70. The van der Waals surface area contributed by atoms with Crippen LogP contribution >= 0.6 is 43.2 Å². The molecule has 0 aliphatic heterocycles. The van der Waals surface area contributed by atoms with Crippen LogP contribution < -0.4 is 5.32 Å². The highest BCUT2D eigenvalue weighted by Gasteiger charge is 2.25. The summed E-state index contributed by atoms with van der Waals surface area (Å²) >= 11 is 7.89. The average Bonchev–Trinajstić information content (AvgIpc) is 2.43. The van der Waals surface area contributed by atoms with Crippen molar-refractivity contribution in [1.29, 1.82) is 0 Å². The zero-order valence-corrected chi connectivity index (χ0v) is 13.2. The van der Waals surface area contributed by atoms with E-state index in [4.69, 9.17) is 5.11 Å². The summed E-state index contributed by atoms with van der Waals surface area (Å²) in [5, 5.41) is 11.4. The van der Waals surface area contributed by atoms with Crippen molar-refractivity contribution in [3.05, 3.63) is 19.2 Å². The molecule has 0 aliphatic rings. The predicted molar refractivity (Wildman–Crippen MR) is 73.5 cm³/mol. The van der Waals surface area contributed by atoms with Gasteiger partial charge in [0, 0.05) is 10.0 Å². The molecule has 1 rings (SSSR count). The molecule has 0 fully saturated rings. The molecule has 0 atom stereocenters. The van der Waals surface area contributed by atoms with Crippen molar-refractivity contribution >= 4 is 55.1 Å². The number of amides is 1. The van der Waals surface area contributed by atoms with E-state index in [0.717, 1.165) is 8.26 Å². The van der Waals surface area contributed by atoms with Crippen molar-refractivity contribution < 1.29 is 14.7 Å². The number of rotatable bonds is 4. The molecular weight excluding hydrogens is 374 g/mol. The fourth-order valence-corrected chi connectivity index (χ4v) is 3.18. The fourth-order valence-electron chi connectivity index (χ4n) is 1.25. The lowest BCUT2D eigenvalue weighted by molar-refractivity contribution is -0.138. The minimum atomic E-state index is -0.941. The summed E-state index contributed by atoms with van der Waals surface area (Å²) in [5.74, 6) is -1.21. The summed E-state index contributed by atoms with van der Waals surface area (Å²) in [7, 11) is 0. The normalized spacial score (nSPS) is 11.3.